The second-order valence-corrected chi connectivity index (χ2v) is 4.45. The Morgan fingerprint density at radius 2 is 1.94 bits per heavy atom. The van der Waals surface area contributed by atoms with Crippen molar-refractivity contribution in [1.29, 1.82) is 0 Å². The fourth-order valence-electron chi connectivity index (χ4n) is 1.80. The quantitative estimate of drug-likeness (QED) is 0.766. The molecule has 0 fully saturated rings. The lowest BCUT2D eigenvalue weighted by Crippen LogP contribution is -2.30. The van der Waals surface area contributed by atoms with Gasteiger partial charge in [0.25, 0.3) is 0 Å². The largest absolute Gasteiger partial charge is 0.356 e. The summed E-state index contributed by atoms with van der Waals surface area (Å²) in [6, 6.07) is 10.4. The van der Waals surface area contributed by atoms with Crippen LogP contribution in [0.3, 0.4) is 0 Å². The molecule has 1 aromatic rings. The Labute approximate surface area is 110 Å². The van der Waals surface area contributed by atoms with Crippen molar-refractivity contribution in [2.75, 3.05) is 19.6 Å². The number of amides is 1. The minimum Gasteiger partial charge on any atom is -0.356 e. The molecule has 0 saturated carbocycles. The van der Waals surface area contributed by atoms with Crippen LogP contribution in [0.2, 0.25) is 0 Å². The first-order chi connectivity index (χ1) is 8.76. The Morgan fingerprint density at radius 1 is 1.22 bits per heavy atom. The molecule has 0 heterocycles. The molecule has 0 unspecified atom stereocenters. The fourth-order valence-corrected chi connectivity index (χ4v) is 1.80. The van der Waals surface area contributed by atoms with Crippen LogP contribution in [0, 0.1) is 0 Å². The molecule has 0 aliphatic rings. The Kier molecular flexibility index (Phi) is 7.11. The van der Waals surface area contributed by atoms with Crippen molar-refractivity contribution < 1.29 is 4.79 Å². The average Bonchev–Trinajstić information content (AvgIpc) is 2.42. The summed E-state index contributed by atoms with van der Waals surface area (Å²) >= 11 is 0. The van der Waals surface area contributed by atoms with Gasteiger partial charge in [-0.3, -0.25) is 9.69 Å². The predicted octanol–water partition coefficient (Wildman–Crippen LogP) is 2.42. The van der Waals surface area contributed by atoms with Crippen molar-refractivity contribution in [1.82, 2.24) is 10.2 Å². The molecular formula is C15H24N2O. The van der Waals surface area contributed by atoms with E-state index in [0.717, 1.165) is 32.6 Å². The maximum atomic E-state index is 11.5. The smallest absolute Gasteiger partial charge is 0.221 e. The molecule has 0 aliphatic heterocycles. The molecule has 0 aliphatic carbocycles. The second kappa shape index (κ2) is 8.70. The van der Waals surface area contributed by atoms with Gasteiger partial charge in [0.2, 0.25) is 5.91 Å². The zero-order chi connectivity index (χ0) is 13.2. The van der Waals surface area contributed by atoms with Gasteiger partial charge in [-0.15, -0.1) is 0 Å². The highest BCUT2D eigenvalue weighted by Gasteiger charge is 2.06. The van der Waals surface area contributed by atoms with Gasteiger partial charge in [0.15, 0.2) is 0 Å². The molecule has 0 radical (unpaired) electrons. The van der Waals surface area contributed by atoms with E-state index in [1.54, 1.807) is 0 Å². The van der Waals surface area contributed by atoms with Gasteiger partial charge in [-0.2, -0.15) is 0 Å². The van der Waals surface area contributed by atoms with E-state index < -0.39 is 0 Å². The maximum absolute atomic E-state index is 11.5. The Balaban J connectivity index is 2.31. The monoisotopic (exact) mass is 248 g/mol. The zero-order valence-corrected chi connectivity index (χ0v) is 11.5. The third-order valence-electron chi connectivity index (χ3n) is 2.92. The molecule has 1 amide bonds. The lowest BCUT2D eigenvalue weighted by Gasteiger charge is -2.20. The topological polar surface area (TPSA) is 32.3 Å². The van der Waals surface area contributed by atoms with Crippen molar-refractivity contribution in [3.8, 4) is 0 Å². The molecule has 100 valence electrons. The zero-order valence-electron chi connectivity index (χ0n) is 11.5. The summed E-state index contributed by atoms with van der Waals surface area (Å²) in [6.07, 6.45) is 1.58. The summed E-state index contributed by atoms with van der Waals surface area (Å²) < 4.78 is 0. The summed E-state index contributed by atoms with van der Waals surface area (Å²) in [5.41, 5.74) is 1.30. The van der Waals surface area contributed by atoms with Gasteiger partial charge >= 0.3 is 0 Å². The van der Waals surface area contributed by atoms with E-state index in [2.05, 4.69) is 48.3 Å². The van der Waals surface area contributed by atoms with Crippen LogP contribution in [-0.4, -0.2) is 30.4 Å². The Bertz CT molecular complexity index is 338. The third-order valence-corrected chi connectivity index (χ3v) is 2.92. The molecule has 0 atom stereocenters. The highest BCUT2D eigenvalue weighted by atomic mass is 16.1. The first-order valence-corrected chi connectivity index (χ1v) is 6.79. The van der Waals surface area contributed by atoms with E-state index in [4.69, 9.17) is 0 Å². The second-order valence-electron chi connectivity index (χ2n) is 4.45. The van der Waals surface area contributed by atoms with Crippen LogP contribution in [0.15, 0.2) is 30.3 Å². The summed E-state index contributed by atoms with van der Waals surface area (Å²) in [6.45, 7) is 7.68. The lowest BCUT2D eigenvalue weighted by molar-refractivity contribution is -0.121. The minimum atomic E-state index is 0.156. The lowest BCUT2D eigenvalue weighted by atomic mass is 10.2. The number of benzene rings is 1. The van der Waals surface area contributed by atoms with Gasteiger partial charge < -0.3 is 5.32 Å². The normalized spacial score (nSPS) is 10.6. The van der Waals surface area contributed by atoms with E-state index in [0.29, 0.717) is 6.42 Å². The first kappa shape index (κ1) is 14.7. The van der Waals surface area contributed by atoms with Crippen molar-refractivity contribution >= 4 is 5.91 Å². The molecule has 18 heavy (non-hydrogen) atoms. The number of carbonyl (C=O) groups is 1. The van der Waals surface area contributed by atoms with E-state index in [9.17, 15) is 4.79 Å². The summed E-state index contributed by atoms with van der Waals surface area (Å²) in [5.74, 6) is 0.156. The SMILES string of the molecule is CCCNC(=O)CCN(CC)Cc1ccccc1. The average molecular weight is 248 g/mol. The van der Waals surface area contributed by atoms with Gasteiger partial charge in [0, 0.05) is 26.1 Å². The number of hydrogen-bond acceptors (Lipinski definition) is 2. The molecule has 0 aromatic heterocycles. The van der Waals surface area contributed by atoms with E-state index in [1.165, 1.54) is 5.56 Å². The van der Waals surface area contributed by atoms with E-state index >= 15 is 0 Å². The Morgan fingerprint density at radius 3 is 2.56 bits per heavy atom. The maximum Gasteiger partial charge on any atom is 0.221 e. The minimum absolute atomic E-state index is 0.156. The van der Waals surface area contributed by atoms with Crippen molar-refractivity contribution in [2.45, 2.75) is 33.2 Å². The summed E-state index contributed by atoms with van der Waals surface area (Å²) in [5, 5.41) is 2.91. The summed E-state index contributed by atoms with van der Waals surface area (Å²) in [7, 11) is 0. The number of nitrogens with one attached hydrogen (secondary N) is 1. The van der Waals surface area contributed by atoms with Crippen molar-refractivity contribution in [3.05, 3.63) is 35.9 Å². The highest BCUT2D eigenvalue weighted by molar-refractivity contribution is 5.75. The number of nitrogens with zero attached hydrogens (tertiary/aromatic N) is 1. The number of carbonyl (C=O) groups excluding carboxylic acids is 1. The van der Waals surface area contributed by atoms with E-state index in [-0.39, 0.29) is 5.91 Å². The molecule has 1 aromatic carbocycles. The number of rotatable bonds is 8. The molecule has 3 nitrogen and oxygen atoms in total. The number of hydrogen-bond donors (Lipinski definition) is 1. The van der Waals surface area contributed by atoms with Crippen molar-refractivity contribution in [3.63, 3.8) is 0 Å². The molecule has 0 bridgehead atoms. The molecule has 0 saturated heterocycles. The summed E-state index contributed by atoms with van der Waals surface area (Å²) in [4.78, 5) is 13.8. The van der Waals surface area contributed by atoms with Crippen LogP contribution in [0.4, 0.5) is 0 Å². The molecule has 0 spiro atoms. The van der Waals surface area contributed by atoms with Crippen LogP contribution in [0.1, 0.15) is 32.3 Å². The highest BCUT2D eigenvalue weighted by Crippen LogP contribution is 2.04. The first-order valence-electron chi connectivity index (χ1n) is 6.79. The predicted molar refractivity (Wildman–Crippen MR) is 75.3 cm³/mol. The molecule has 1 N–H and O–H groups in total. The standard InChI is InChI=1S/C15H24N2O/c1-3-11-16-15(18)10-12-17(4-2)13-14-8-6-5-7-9-14/h5-9H,3-4,10-13H2,1-2H3,(H,16,18). The van der Waals surface area contributed by atoms with Crippen LogP contribution >= 0.6 is 0 Å². The fraction of sp³-hybridized carbons (Fsp3) is 0.533. The van der Waals surface area contributed by atoms with E-state index in [1.807, 2.05) is 6.07 Å². The van der Waals surface area contributed by atoms with Gasteiger partial charge in [-0.05, 0) is 18.5 Å². The van der Waals surface area contributed by atoms with Crippen LogP contribution in [0.5, 0.6) is 0 Å². The third kappa shape index (κ3) is 5.82. The van der Waals surface area contributed by atoms with Gasteiger partial charge in [-0.25, -0.2) is 0 Å². The molecule has 1 rings (SSSR count). The van der Waals surface area contributed by atoms with Crippen LogP contribution < -0.4 is 5.32 Å². The van der Waals surface area contributed by atoms with Crippen molar-refractivity contribution in [2.24, 2.45) is 0 Å². The Hall–Kier alpha value is -1.35. The van der Waals surface area contributed by atoms with Gasteiger partial charge in [0.05, 0.1) is 0 Å². The van der Waals surface area contributed by atoms with Gasteiger partial charge in [0.1, 0.15) is 0 Å². The van der Waals surface area contributed by atoms with Crippen LogP contribution in [0.25, 0.3) is 0 Å². The van der Waals surface area contributed by atoms with Gasteiger partial charge in [-0.1, -0.05) is 44.2 Å². The molecule has 3 heteroatoms. The molecular weight excluding hydrogens is 224 g/mol. The van der Waals surface area contributed by atoms with Crippen LogP contribution in [-0.2, 0) is 11.3 Å².